The first-order chi connectivity index (χ1) is 11.1. The first kappa shape index (κ1) is 16.6. The predicted molar refractivity (Wildman–Crippen MR) is 88.7 cm³/mol. The fraction of sp³-hybridized carbons (Fsp3) is 0.143. The van der Waals surface area contributed by atoms with Crippen LogP contribution in [0, 0.1) is 5.41 Å². The molecule has 2 rings (SSSR count). The summed E-state index contributed by atoms with van der Waals surface area (Å²) in [5.74, 6) is -0.896. The largest absolute Gasteiger partial charge is 0.477 e. The van der Waals surface area contributed by atoms with Crippen LogP contribution in [0.15, 0.2) is 45.8 Å². The van der Waals surface area contributed by atoms with Crippen LogP contribution >= 0.6 is 11.8 Å². The van der Waals surface area contributed by atoms with Crippen molar-refractivity contribution in [2.45, 2.75) is 5.16 Å². The molecule has 2 aromatic rings. The first-order valence-electron chi connectivity index (χ1n) is 6.52. The molecule has 3 N–H and O–H groups in total. The summed E-state index contributed by atoms with van der Waals surface area (Å²) in [4.78, 5) is 19.4. The Bertz CT molecular complexity index is 750. The second-order valence-corrected chi connectivity index (χ2v) is 5.00. The molecular weight excluding hydrogens is 316 g/mol. The van der Waals surface area contributed by atoms with Crippen molar-refractivity contribution in [1.82, 2.24) is 9.97 Å². The lowest BCUT2D eigenvalue weighted by Crippen LogP contribution is -2.06. The van der Waals surface area contributed by atoms with Crippen molar-refractivity contribution in [2.75, 3.05) is 18.1 Å². The standard InChI is InChI=1S/C14H14N6O2S/c1-23-14-16-8-11(13(21)22)12(19-14)18-9-3-2-4-10(7-9)20-17-6-5-15/h2-5,7-8,15H,6H2,1H3,(H,21,22)(H,16,18,19). The molecule has 0 radical (unpaired) electrons. The molecule has 0 saturated carbocycles. The van der Waals surface area contributed by atoms with E-state index in [1.807, 2.05) is 6.26 Å². The lowest BCUT2D eigenvalue weighted by molar-refractivity contribution is 0.0697. The number of benzene rings is 1. The molecule has 0 saturated heterocycles. The fourth-order valence-electron chi connectivity index (χ4n) is 1.66. The zero-order chi connectivity index (χ0) is 16.7. The van der Waals surface area contributed by atoms with Gasteiger partial charge in [0, 0.05) is 18.1 Å². The van der Waals surface area contributed by atoms with Crippen LogP contribution in [0.2, 0.25) is 0 Å². The Morgan fingerprint density at radius 3 is 3.04 bits per heavy atom. The molecule has 0 atom stereocenters. The molecule has 0 unspecified atom stereocenters. The van der Waals surface area contributed by atoms with Crippen LogP contribution in [-0.2, 0) is 0 Å². The summed E-state index contributed by atoms with van der Waals surface area (Å²) >= 11 is 1.32. The summed E-state index contributed by atoms with van der Waals surface area (Å²) in [6, 6.07) is 6.99. The second kappa shape index (κ2) is 7.99. The Morgan fingerprint density at radius 1 is 1.52 bits per heavy atom. The van der Waals surface area contributed by atoms with Gasteiger partial charge in [0.15, 0.2) is 5.16 Å². The van der Waals surface area contributed by atoms with Gasteiger partial charge in [0.25, 0.3) is 0 Å². The maximum Gasteiger partial charge on any atom is 0.341 e. The Balaban J connectivity index is 2.29. The number of aromatic carboxylic acids is 1. The molecule has 0 bridgehead atoms. The molecule has 0 aliphatic carbocycles. The zero-order valence-corrected chi connectivity index (χ0v) is 13.0. The normalized spacial score (nSPS) is 10.7. The van der Waals surface area contributed by atoms with Gasteiger partial charge in [-0.2, -0.15) is 10.2 Å². The molecule has 118 valence electrons. The van der Waals surface area contributed by atoms with Gasteiger partial charge in [-0.3, -0.25) is 0 Å². The van der Waals surface area contributed by atoms with Crippen LogP contribution in [0.3, 0.4) is 0 Å². The highest BCUT2D eigenvalue weighted by atomic mass is 32.2. The van der Waals surface area contributed by atoms with Gasteiger partial charge < -0.3 is 15.8 Å². The summed E-state index contributed by atoms with van der Waals surface area (Å²) in [7, 11) is 0. The van der Waals surface area contributed by atoms with E-state index in [0.29, 0.717) is 16.5 Å². The van der Waals surface area contributed by atoms with Gasteiger partial charge >= 0.3 is 5.97 Å². The van der Waals surface area contributed by atoms with E-state index in [4.69, 9.17) is 5.41 Å². The van der Waals surface area contributed by atoms with E-state index in [1.54, 1.807) is 24.3 Å². The third-order valence-electron chi connectivity index (χ3n) is 2.65. The maximum atomic E-state index is 11.3. The number of rotatable bonds is 7. The number of carbonyl (C=O) groups is 1. The van der Waals surface area contributed by atoms with Crippen molar-refractivity contribution in [2.24, 2.45) is 10.2 Å². The van der Waals surface area contributed by atoms with Gasteiger partial charge in [-0.15, -0.1) is 0 Å². The Morgan fingerprint density at radius 2 is 2.35 bits per heavy atom. The van der Waals surface area contributed by atoms with Crippen LogP contribution in [-0.4, -0.2) is 40.1 Å². The number of aromatic nitrogens is 2. The van der Waals surface area contributed by atoms with E-state index >= 15 is 0 Å². The number of azo groups is 1. The average Bonchev–Trinajstić information content (AvgIpc) is 2.55. The molecule has 1 aromatic heterocycles. The highest BCUT2D eigenvalue weighted by molar-refractivity contribution is 7.98. The van der Waals surface area contributed by atoms with E-state index in [9.17, 15) is 9.90 Å². The average molecular weight is 330 g/mol. The summed E-state index contributed by atoms with van der Waals surface area (Å²) < 4.78 is 0. The van der Waals surface area contributed by atoms with Gasteiger partial charge in [0.05, 0.1) is 12.2 Å². The van der Waals surface area contributed by atoms with Crippen molar-refractivity contribution >= 4 is 41.1 Å². The lowest BCUT2D eigenvalue weighted by Gasteiger charge is -2.09. The summed E-state index contributed by atoms with van der Waals surface area (Å²) in [6.45, 7) is 0.212. The molecule has 9 heteroatoms. The third-order valence-corrected chi connectivity index (χ3v) is 3.21. The quantitative estimate of drug-likeness (QED) is 0.309. The molecule has 23 heavy (non-hydrogen) atoms. The van der Waals surface area contributed by atoms with Gasteiger partial charge in [0.1, 0.15) is 11.4 Å². The van der Waals surface area contributed by atoms with E-state index in [1.165, 1.54) is 18.0 Å². The number of carboxylic acids is 1. The monoisotopic (exact) mass is 330 g/mol. The maximum absolute atomic E-state index is 11.3. The second-order valence-electron chi connectivity index (χ2n) is 4.23. The molecule has 0 amide bonds. The first-order valence-corrected chi connectivity index (χ1v) is 7.74. The number of nitrogens with zero attached hydrogens (tertiary/aromatic N) is 4. The molecule has 8 nitrogen and oxygen atoms in total. The van der Waals surface area contributed by atoms with E-state index in [2.05, 4.69) is 25.5 Å². The van der Waals surface area contributed by atoms with E-state index in [-0.39, 0.29) is 17.9 Å². The van der Waals surface area contributed by atoms with Crippen molar-refractivity contribution in [3.63, 3.8) is 0 Å². The molecular formula is C14H14N6O2S. The van der Waals surface area contributed by atoms with Crippen molar-refractivity contribution in [3.8, 4) is 0 Å². The minimum absolute atomic E-state index is 0.0152. The number of nitrogens with one attached hydrogen (secondary N) is 2. The molecule has 0 aliphatic heterocycles. The lowest BCUT2D eigenvalue weighted by atomic mass is 10.2. The van der Waals surface area contributed by atoms with Crippen LogP contribution in [0.1, 0.15) is 10.4 Å². The number of hydrogen-bond acceptors (Lipinski definition) is 8. The summed E-state index contributed by atoms with van der Waals surface area (Å²) in [5.41, 5.74) is 1.20. The SMILES string of the molecule is CSc1ncc(C(=O)O)c(Nc2cccc(N=NCC=N)c2)n1. The summed E-state index contributed by atoms with van der Waals surface area (Å²) in [6.07, 6.45) is 4.23. The number of carboxylic acid groups (broad SMARTS) is 1. The molecule has 0 fully saturated rings. The molecule has 1 aromatic carbocycles. The van der Waals surface area contributed by atoms with Crippen molar-refractivity contribution in [3.05, 3.63) is 36.0 Å². The van der Waals surface area contributed by atoms with Crippen LogP contribution in [0.4, 0.5) is 17.2 Å². The molecule has 0 aliphatic rings. The minimum atomic E-state index is -1.11. The Labute approximate surface area is 136 Å². The predicted octanol–water partition coefficient (Wildman–Crippen LogP) is 3.37. The smallest absolute Gasteiger partial charge is 0.341 e. The van der Waals surface area contributed by atoms with E-state index < -0.39 is 5.97 Å². The van der Waals surface area contributed by atoms with Gasteiger partial charge in [-0.1, -0.05) is 17.8 Å². The minimum Gasteiger partial charge on any atom is -0.477 e. The number of thioether (sulfide) groups is 1. The fourth-order valence-corrected chi connectivity index (χ4v) is 2.00. The zero-order valence-electron chi connectivity index (χ0n) is 12.2. The topological polar surface area (TPSA) is 124 Å². The van der Waals surface area contributed by atoms with E-state index in [0.717, 1.165) is 6.21 Å². The van der Waals surface area contributed by atoms with Crippen LogP contribution in [0.25, 0.3) is 0 Å². The van der Waals surface area contributed by atoms with Gasteiger partial charge in [-0.25, -0.2) is 14.8 Å². The van der Waals surface area contributed by atoms with Crippen molar-refractivity contribution in [1.29, 1.82) is 5.41 Å². The van der Waals surface area contributed by atoms with Crippen LogP contribution in [0.5, 0.6) is 0 Å². The number of hydrogen-bond donors (Lipinski definition) is 3. The van der Waals surface area contributed by atoms with Gasteiger partial charge in [-0.05, 0) is 24.5 Å². The molecule has 1 heterocycles. The Kier molecular flexibility index (Phi) is 5.75. The Hall–Kier alpha value is -2.81. The summed E-state index contributed by atoms with van der Waals surface area (Å²) in [5, 5.41) is 27.3. The third kappa shape index (κ3) is 4.58. The molecule has 0 spiro atoms. The van der Waals surface area contributed by atoms with Gasteiger partial charge in [0.2, 0.25) is 0 Å². The highest BCUT2D eigenvalue weighted by Gasteiger charge is 2.13. The number of anilines is 2. The van der Waals surface area contributed by atoms with Crippen molar-refractivity contribution < 1.29 is 9.90 Å². The highest BCUT2D eigenvalue weighted by Crippen LogP contribution is 2.24. The van der Waals surface area contributed by atoms with Crippen LogP contribution < -0.4 is 5.32 Å².